The van der Waals surface area contributed by atoms with Crippen molar-refractivity contribution in [1.82, 2.24) is 10.2 Å². The van der Waals surface area contributed by atoms with E-state index in [0.717, 1.165) is 24.0 Å². The number of benzene rings is 2. The zero-order chi connectivity index (χ0) is 21.1. The number of nitrogens with zero attached hydrogens (tertiary/aromatic N) is 1. The third-order valence-corrected chi connectivity index (χ3v) is 5.80. The number of rotatable bonds is 11. The Hall–Kier alpha value is -1.98. The van der Waals surface area contributed by atoms with Crippen molar-refractivity contribution in [2.75, 3.05) is 12.3 Å². The Labute approximate surface area is 183 Å². The minimum Gasteiger partial charge on any atom is -0.354 e. The van der Waals surface area contributed by atoms with E-state index in [0.29, 0.717) is 29.6 Å². The number of nitrogens with one attached hydrogen (secondary N) is 1. The summed E-state index contributed by atoms with van der Waals surface area (Å²) >= 11 is 7.56. The lowest BCUT2D eigenvalue weighted by Gasteiger charge is -2.28. The molecule has 0 bridgehead atoms. The van der Waals surface area contributed by atoms with E-state index in [1.807, 2.05) is 54.6 Å². The van der Waals surface area contributed by atoms with Gasteiger partial charge >= 0.3 is 0 Å². The van der Waals surface area contributed by atoms with Gasteiger partial charge < -0.3 is 10.2 Å². The molecule has 2 rings (SSSR count). The minimum atomic E-state index is -0.522. The van der Waals surface area contributed by atoms with E-state index in [1.165, 1.54) is 11.8 Å². The normalized spacial score (nSPS) is 11.7. The molecule has 1 atom stereocenters. The van der Waals surface area contributed by atoms with Crippen molar-refractivity contribution in [2.24, 2.45) is 0 Å². The highest BCUT2D eigenvalue weighted by atomic mass is 35.5. The summed E-state index contributed by atoms with van der Waals surface area (Å²) in [5.41, 5.74) is 2.09. The maximum absolute atomic E-state index is 13.0. The second-order valence-electron chi connectivity index (χ2n) is 6.95. The van der Waals surface area contributed by atoms with Crippen LogP contribution in [0.3, 0.4) is 0 Å². The first kappa shape index (κ1) is 23.3. The minimum absolute atomic E-state index is 0.0426. The maximum atomic E-state index is 13.0. The molecular weight excluding hydrogens is 404 g/mol. The van der Waals surface area contributed by atoms with Crippen molar-refractivity contribution in [3.8, 4) is 0 Å². The first-order valence-corrected chi connectivity index (χ1v) is 11.5. The molecule has 0 radical (unpaired) electrons. The van der Waals surface area contributed by atoms with E-state index >= 15 is 0 Å². The molecule has 0 spiro atoms. The van der Waals surface area contributed by atoms with Crippen LogP contribution < -0.4 is 5.32 Å². The van der Waals surface area contributed by atoms with E-state index in [1.54, 1.807) is 11.8 Å². The molecule has 4 nitrogen and oxygen atoms in total. The summed E-state index contributed by atoms with van der Waals surface area (Å²) in [6.07, 6.45) is 1.95. The monoisotopic (exact) mass is 432 g/mol. The highest BCUT2D eigenvalue weighted by molar-refractivity contribution is 7.99. The molecule has 1 N–H and O–H groups in total. The molecule has 0 aliphatic rings. The molecule has 2 amide bonds. The molecule has 0 aliphatic carbocycles. The Morgan fingerprint density at radius 2 is 1.83 bits per heavy atom. The summed E-state index contributed by atoms with van der Waals surface area (Å²) in [6, 6.07) is 16.9. The average molecular weight is 433 g/mol. The van der Waals surface area contributed by atoms with E-state index < -0.39 is 6.04 Å². The van der Waals surface area contributed by atoms with Gasteiger partial charge in [0.05, 0.1) is 5.75 Å². The van der Waals surface area contributed by atoms with Crippen LogP contribution in [0.5, 0.6) is 0 Å². The van der Waals surface area contributed by atoms with Crippen molar-refractivity contribution >= 4 is 35.2 Å². The Kier molecular flexibility index (Phi) is 10.1. The van der Waals surface area contributed by atoms with E-state index in [9.17, 15) is 9.59 Å². The van der Waals surface area contributed by atoms with Crippen LogP contribution in [-0.2, 0) is 21.9 Å². The van der Waals surface area contributed by atoms with Crippen LogP contribution in [0, 0.1) is 0 Å². The van der Waals surface area contributed by atoms with Crippen LogP contribution in [0.2, 0.25) is 5.02 Å². The maximum Gasteiger partial charge on any atom is 0.242 e. The molecule has 29 heavy (non-hydrogen) atoms. The molecule has 156 valence electrons. The Morgan fingerprint density at radius 1 is 1.10 bits per heavy atom. The molecule has 0 aromatic heterocycles. The van der Waals surface area contributed by atoms with E-state index in [-0.39, 0.29) is 11.8 Å². The molecule has 1 unspecified atom stereocenters. The summed E-state index contributed by atoms with van der Waals surface area (Å²) in [7, 11) is 0. The fourth-order valence-corrected chi connectivity index (χ4v) is 3.94. The highest BCUT2D eigenvalue weighted by Gasteiger charge is 2.25. The number of carbonyl (C=O) groups is 2. The van der Waals surface area contributed by atoms with Gasteiger partial charge in [0.1, 0.15) is 6.04 Å². The predicted octanol–water partition coefficient (Wildman–Crippen LogP) is 4.91. The highest BCUT2D eigenvalue weighted by Crippen LogP contribution is 2.18. The molecular formula is C23H29ClN2O2S. The average Bonchev–Trinajstić information content (AvgIpc) is 2.72. The largest absolute Gasteiger partial charge is 0.354 e. The number of thioether (sulfide) groups is 1. The molecule has 0 heterocycles. The molecule has 6 heteroatoms. The predicted molar refractivity (Wildman–Crippen MR) is 122 cm³/mol. The van der Waals surface area contributed by atoms with Gasteiger partial charge in [-0.25, -0.2) is 0 Å². The van der Waals surface area contributed by atoms with Crippen LogP contribution in [0.25, 0.3) is 0 Å². The van der Waals surface area contributed by atoms with Gasteiger partial charge in [-0.15, -0.1) is 11.8 Å². The summed E-state index contributed by atoms with van der Waals surface area (Å²) in [6.45, 7) is 4.93. The lowest BCUT2D eigenvalue weighted by atomic mass is 10.1. The summed E-state index contributed by atoms with van der Waals surface area (Å²) in [5, 5.41) is 3.63. The van der Waals surface area contributed by atoms with Gasteiger partial charge in [0.15, 0.2) is 0 Å². The first-order valence-electron chi connectivity index (χ1n) is 9.94. The van der Waals surface area contributed by atoms with Crippen LogP contribution in [-0.4, -0.2) is 35.1 Å². The summed E-state index contributed by atoms with van der Waals surface area (Å²) in [4.78, 5) is 27.2. The number of carbonyl (C=O) groups excluding carboxylic acids is 2. The zero-order valence-electron chi connectivity index (χ0n) is 17.1. The van der Waals surface area contributed by atoms with Gasteiger partial charge in [0.25, 0.3) is 0 Å². The number of halogens is 1. The lowest BCUT2D eigenvalue weighted by Crippen LogP contribution is -2.48. The van der Waals surface area contributed by atoms with E-state index in [4.69, 9.17) is 11.6 Å². The van der Waals surface area contributed by atoms with Gasteiger partial charge in [0, 0.05) is 23.9 Å². The fraction of sp³-hybridized carbons (Fsp3) is 0.391. The van der Waals surface area contributed by atoms with Crippen LogP contribution >= 0.6 is 23.4 Å². The number of hydrogen-bond donors (Lipinski definition) is 1. The molecule has 0 saturated heterocycles. The van der Waals surface area contributed by atoms with Gasteiger partial charge in [-0.05, 0) is 36.6 Å². The van der Waals surface area contributed by atoms with Crippen molar-refractivity contribution in [2.45, 2.75) is 45.0 Å². The second-order valence-corrected chi connectivity index (χ2v) is 8.37. The first-order chi connectivity index (χ1) is 14.0. The van der Waals surface area contributed by atoms with Crippen molar-refractivity contribution in [1.29, 1.82) is 0 Å². The molecule has 0 fully saturated rings. The van der Waals surface area contributed by atoms with Gasteiger partial charge in [-0.2, -0.15) is 0 Å². The van der Waals surface area contributed by atoms with Crippen molar-refractivity contribution < 1.29 is 9.59 Å². The number of hydrogen-bond acceptors (Lipinski definition) is 3. The van der Waals surface area contributed by atoms with E-state index in [2.05, 4.69) is 12.2 Å². The standard InChI is InChI=1S/C23H29ClN2O2S/c1-3-4-13-25-23(28)18(2)26(15-19-9-6-5-7-10-19)22(27)17-29-16-20-11-8-12-21(24)14-20/h5-12,14,18H,3-4,13,15-17H2,1-2H3,(H,25,28). The Balaban J connectivity index is 2.00. The van der Waals surface area contributed by atoms with Crippen molar-refractivity contribution in [3.05, 3.63) is 70.7 Å². The quantitative estimate of drug-likeness (QED) is 0.513. The van der Waals surface area contributed by atoms with Gasteiger partial charge in [-0.1, -0.05) is 67.4 Å². The fourth-order valence-electron chi connectivity index (χ4n) is 2.86. The SMILES string of the molecule is CCCCNC(=O)C(C)N(Cc1ccccc1)C(=O)CSCc1cccc(Cl)c1. The zero-order valence-corrected chi connectivity index (χ0v) is 18.6. The Bertz CT molecular complexity index is 785. The third kappa shape index (κ3) is 8.11. The van der Waals surface area contributed by atoms with Crippen LogP contribution in [0.1, 0.15) is 37.8 Å². The Morgan fingerprint density at radius 3 is 2.52 bits per heavy atom. The van der Waals surface area contributed by atoms with Crippen LogP contribution in [0.4, 0.5) is 0 Å². The summed E-state index contributed by atoms with van der Waals surface area (Å²) in [5.74, 6) is 0.857. The molecule has 2 aromatic carbocycles. The smallest absolute Gasteiger partial charge is 0.242 e. The number of unbranched alkanes of at least 4 members (excludes halogenated alkanes) is 1. The van der Waals surface area contributed by atoms with Gasteiger partial charge in [0.2, 0.25) is 11.8 Å². The number of amides is 2. The lowest BCUT2D eigenvalue weighted by molar-refractivity contribution is -0.138. The topological polar surface area (TPSA) is 49.4 Å². The summed E-state index contributed by atoms with van der Waals surface area (Å²) < 4.78 is 0. The molecule has 2 aromatic rings. The second kappa shape index (κ2) is 12.6. The van der Waals surface area contributed by atoms with Gasteiger partial charge in [-0.3, -0.25) is 9.59 Å². The van der Waals surface area contributed by atoms with Crippen molar-refractivity contribution in [3.63, 3.8) is 0 Å². The molecule has 0 aliphatic heterocycles. The third-order valence-electron chi connectivity index (χ3n) is 4.58. The van der Waals surface area contributed by atoms with Crippen LogP contribution in [0.15, 0.2) is 54.6 Å². The molecule has 0 saturated carbocycles.